The van der Waals surface area contributed by atoms with E-state index in [4.69, 9.17) is 0 Å². The molecule has 27 heavy (non-hydrogen) atoms. The van der Waals surface area contributed by atoms with Gasteiger partial charge in [-0.2, -0.15) is 0 Å². The first-order valence-electron chi connectivity index (χ1n) is 8.80. The van der Waals surface area contributed by atoms with Crippen molar-refractivity contribution >= 4 is 38.0 Å². The Bertz CT molecular complexity index is 1300. The number of hydrogen-bond acceptors (Lipinski definition) is 2. The minimum absolute atomic E-state index is 0.117. The summed E-state index contributed by atoms with van der Waals surface area (Å²) in [7, 11) is 0. The van der Waals surface area contributed by atoms with Gasteiger partial charge in [-0.25, -0.2) is 0 Å². The summed E-state index contributed by atoms with van der Waals surface area (Å²) in [6, 6.07) is 30.2. The van der Waals surface area contributed by atoms with Crippen LogP contribution in [0.4, 0.5) is 5.69 Å². The minimum Gasteiger partial charge on any atom is -0.258 e. The van der Waals surface area contributed by atoms with E-state index < -0.39 is 0 Å². The zero-order valence-electron chi connectivity index (χ0n) is 14.4. The van der Waals surface area contributed by atoms with Gasteiger partial charge in [-0.1, -0.05) is 60.7 Å². The van der Waals surface area contributed by atoms with Crippen molar-refractivity contribution in [1.29, 1.82) is 0 Å². The molecule has 0 heterocycles. The molecule has 0 aliphatic carbocycles. The molecule has 5 aromatic rings. The summed E-state index contributed by atoms with van der Waals surface area (Å²) >= 11 is 0. The van der Waals surface area contributed by atoms with Crippen LogP contribution in [0.25, 0.3) is 43.4 Å². The van der Waals surface area contributed by atoms with Gasteiger partial charge in [-0.3, -0.25) is 10.1 Å². The number of fused-ring (bicyclic) bond motifs is 3. The maximum Gasteiger partial charge on any atom is 0.270 e. The lowest BCUT2D eigenvalue weighted by molar-refractivity contribution is -0.384. The second kappa shape index (κ2) is 5.92. The number of nitrogens with zero attached hydrogens (tertiary/aromatic N) is 1. The van der Waals surface area contributed by atoms with Gasteiger partial charge in [0.15, 0.2) is 0 Å². The van der Waals surface area contributed by atoms with Crippen molar-refractivity contribution in [3.63, 3.8) is 0 Å². The van der Waals surface area contributed by atoms with Crippen LogP contribution in [0.2, 0.25) is 0 Å². The Morgan fingerprint density at radius 1 is 0.593 bits per heavy atom. The Balaban J connectivity index is 1.84. The van der Waals surface area contributed by atoms with Crippen molar-refractivity contribution in [2.75, 3.05) is 0 Å². The molecule has 0 saturated heterocycles. The summed E-state index contributed by atoms with van der Waals surface area (Å²) in [6.07, 6.45) is 0. The molecule has 0 amide bonds. The van der Waals surface area contributed by atoms with Gasteiger partial charge in [-0.15, -0.1) is 0 Å². The van der Waals surface area contributed by atoms with E-state index in [0.29, 0.717) is 0 Å². The lowest BCUT2D eigenvalue weighted by Crippen LogP contribution is -1.88. The fraction of sp³-hybridized carbons (Fsp3) is 0. The third kappa shape index (κ3) is 2.52. The number of hydrogen-bond donors (Lipinski definition) is 0. The van der Waals surface area contributed by atoms with Gasteiger partial charge >= 0.3 is 0 Å². The third-order valence-corrected chi connectivity index (χ3v) is 5.09. The van der Waals surface area contributed by atoms with Crippen LogP contribution in [0.5, 0.6) is 0 Å². The minimum atomic E-state index is -0.356. The molecule has 0 N–H and O–H groups in total. The number of benzene rings is 5. The Morgan fingerprint density at radius 2 is 1.19 bits per heavy atom. The molecule has 5 aromatic carbocycles. The Hall–Kier alpha value is -3.72. The molecule has 0 spiro atoms. The standard InChI is InChI=1S/C24H15NO2/c26-25(27)21-12-11-16-13-20(10-9-17(16)15-21)24-22-7-3-1-5-18(22)14-19-6-2-4-8-23(19)24/h1-15H. The molecule has 0 unspecified atom stereocenters. The van der Waals surface area contributed by atoms with E-state index in [-0.39, 0.29) is 10.6 Å². The first-order chi connectivity index (χ1) is 13.2. The lowest BCUT2D eigenvalue weighted by Gasteiger charge is -2.13. The van der Waals surface area contributed by atoms with Gasteiger partial charge < -0.3 is 0 Å². The summed E-state index contributed by atoms with van der Waals surface area (Å²) in [6.45, 7) is 0. The molecule has 0 aliphatic heterocycles. The van der Waals surface area contributed by atoms with Gasteiger partial charge in [-0.05, 0) is 61.6 Å². The van der Waals surface area contributed by atoms with Crippen LogP contribution >= 0.6 is 0 Å². The second-order valence-electron chi connectivity index (χ2n) is 6.70. The number of nitro groups is 1. The second-order valence-corrected chi connectivity index (χ2v) is 6.70. The molecule has 0 aliphatic rings. The van der Waals surface area contributed by atoms with Gasteiger partial charge in [0.25, 0.3) is 5.69 Å². The van der Waals surface area contributed by atoms with Crippen LogP contribution in [0.1, 0.15) is 0 Å². The van der Waals surface area contributed by atoms with Crippen LogP contribution in [-0.4, -0.2) is 4.92 Å². The van der Waals surface area contributed by atoms with Gasteiger partial charge in [0.05, 0.1) is 4.92 Å². The normalized spacial score (nSPS) is 11.3. The molecular formula is C24H15NO2. The van der Waals surface area contributed by atoms with E-state index in [0.717, 1.165) is 16.3 Å². The van der Waals surface area contributed by atoms with Crippen molar-refractivity contribution in [2.45, 2.75) is 0 Å². The van der Waals surface area contributed by atoms with E-state index in [2.05, 4.69) is 66.7 Å². The first-order valence-corrected chi connectivity index (χ1v) is 8.80. The molecule has 0 aromatic heterocycles. The van der Waals surface area contributed by atoms with Crippen molar-refractivity contribution in [2.24, 2.45) is 0 Å². The van der Waals surface area contributed by atoms with E-state index in [1.165, 1.54) is 27.1 Å². The quantitative estimate of drug-likeness (QED) is 0.202. The molecule has 0 saturated carbocycles. The van der Waals surface area contributed by atoms with Gasteiger partial charge in [0.2, 0.25) is 0 Å². The van der Waals surface area contributed by atoms with Crippen LogP contribution in [0, 0.1) is 10.1 Å². The van der Waals surface area contributed by atoms with Crippen molar-refractivity contribution in [1.82, 2.24) is 0 Å². The van der Waals surface area contributed by atoms with Gasteiger partial charge in [0, 0.05) is 12.1 Å². The molecule has 0 bridgehead atoms. The van der Waals surface area contributed by atoms with Crippen LogP contribution in [-0.2, 0) is 0 Å². The van der Waals surface area contributed by atoms with E-state index in [1.807, 2.05) is 12.1 Å². The van der Waals surface area contributed by atoms with Crippen LogP contribution in [0.15, 0.2) is 91.0 Å². The maximum absolute atomic E-state index is 11.0. The zero-order chi connectivity index (χ0) is 18.4. The monoisotopic (exact) mass is 349 g/mol. The largest absolute Gasteiger partial charge is 0.270 e. The Kier molecular flexibility index (Phi) is 3.41. The molecule has 0 fully saturated rings. The number of rotatable bonds is 2. The van der Waals surface area contributed by atoms with E-state index in [9.17, 15) is 10.1 Å². The highest BCUT2D eigenvalue weighted by atomic mass is 16.6. The zero-order valence-corrected chi connectivity index (χ0v) is 14.4. The number of nitro benzene ring substituents is 1. The Morgan fingerprint density at radius 3 is 1.85 bits per heavy atom. The van der Waals surface area contributed by atoms with E-state index >= 15 is 0 Å². The van der Waals surface area contributed by atoms with Crippen molar-refractivity contribution in [3.05, 3.63) is 101 Å². The molecule has 0 atom stereocenters. The summed E-state index contributed by atoms with van der Waals surface area (Å²) in [5.41, 5.74) is 2.43. The summed E-state index contributed by atoms with van der Waals surface area (Å²) in [4.78, 5) is 10.7. The number of non-ortho nitro benzene ring substituents is 1. The molecule has 128 valence electrons. The predicted molar refractivity (Wildman–Crippen MR) is 111 cm³/mol. The molecule has 3 heteroatoms. The SMILES string of the molecule is O=[N+]([O-])c1ccc2cc(-c3c4ccccc4cc4ccccc34)ccc2c1. The highest BCUT2D eigenvalue weighted by molar-refractivity contribution is 6.13. The van der Waals surface area contributed by atoms with Crippen LogP contribution < -0.4 is 0 Å². The molecule has 3 nitrogen and oxygen atoms in total. The molecular weight excluding hydrogens is 334 g/mol. The topological polar surface area (TPSA) is 43.1 Å². The fourth-order valence-corrected chi connectivity index (χ4v) is 3.83. The Labute approximate surface area is 155 Å². The molecule has 0 radical (unpaired) electrons. The average Bonchev–Trinajstić information content (AvgIpc) is 2.71. The molecule has 5 rings (SSSR count). The summed E-state index contributed by atoms with van der Waals surface area (Å²) in [5.74, 6) is 0. The van der Waals surface area contributed by atoms with Crippen molar-refractivity contribution in [3.8, 4) is 11.1 Å². The summed E-state index contributed by atoms with van der Waals surface area (Å²) < 4.78 is 0. The van der Waals surface area contributed by atoms with Crippen molar-refractivity contribution < 1.29 is 4.92 Å². The third-order valence-electron chi connectivity index (χ3n) is 5.09. The lowest BCUT2D eigenvalue weighted by atomic mass is 9.91. The predicted octanol–water partition coefficient (Wildman–Crippen LogP) is 6.72. The fourth-order valence-electron chi connectivity index (χ4n) is 3.83. The van der Waals surface area contributed by atoms with E-state index in [1.54, 1.807) is 12.1 Å². The average molecular weight is 349 g/mol. The first kappa shape index (κ1) is 15.5. The summed E-state index contributed by atoms with van der Waals surface area (Å²) in [5, 5.41) is 17.7. The highest BCUT2D eigenvalue weighted by Crippen LogP contribution is 2.37. The maximum atomic E-state index is 11.0. The van der Waals surface area contributed by atoms with Gasteiger partial charge in [0.1, 0.15) is 0 Å². The highest BCUT2D eigenvalue weighted by Gasteiger charge is 2.11. The smallest absolute Gasteiger partial charge is 0.258 e. The van der Waals surface area contributed by atoms with Crippen LogP contribution in [0.3, 0.4) is 0 Å².